The number of anilines is 1. The van der Waals surface area contributed by atoms with E-state index in [9.17, 15) is 4.79 Å². The van der Waals surface area contributed by atoms with Gasteiger partial charge in [0.15, 0.2) is 0 Å². The Morgan fingerprint density at radius 3 is 2.89 bits per heavy atom. The summed E-state index contributed by atoms with van der Waals surface area (Å²) in [5.41, 5.74) is 2.18. The SMILES string of the molecule is CSCc1ccc(NC(=O)CC2CSCCN2)cc1. The van der Waals surface area contributed by atoms with Crippen LogP contribution >= 0.6 is 23.5 Å². The summed E-state index contributed by atoms with van der Waals surface area (Å²) in [7, 11) is 0. The maximum absolute atomic E-state index is 11.9. The van der Waals surface area contributed by atoms with Crippen LogP contribution in [0.4, 0.5) is 5.69 Å². The quantitative estimate of drug-likeness (QED) is 0.876. The molecule has 0 radical (unpaired) electrons. The molecule has 1 amide bonds. The predicted molar refractivity (Wildman–Crippen MR) is 86.0 cm³/mol. The molecule has 5 heteroatoms. The predicted octanol–water partition coefficient (Wildman–Crippen LogP) is 2.58. The van der Waals surface area contributed by atoms with E-state index in [0.29, 0.717) is 12.5 Å². The van der Waals surface area contributed by atoms with Gasteiger partial charge >= 0.3 is 0 Å². The lowest BCUT2D eigenvalue weighted by Crippen LogP contribution is -2.39. The van der Waals surface area contributed by atoms with Crippen LogP contribution in [0.25, 0.3) is 0 Å². The Labute approximate surface area is 123 Å². The molecule has 1 aliphatic heterocycles. The first-order valence-corrected chi connectivity index (χ1v) is 9.01. The third-order valence-electron chi connectivity index (χ3n) is 2.98. The van der Waals surface area contributed by atoms with Gasteiger partial charge in [-0.2, -0.15) is 23.5 Å². The number of carbonyl (C=O) groups is 1. The second-order valence-corrected chi connectivity index (χ2v) is 6.62. The standard InChI is InChI=1S/C14H20N2OS2/c1-18-9-11-2-4-12(5-3-11)16-14(17)8-13-10-19-7-6-15-13/h2-5,13,15H,6-10H2,1H3,(H,16,17). The fraction of sp³-hybridized carbons (Fsp3) is 0.500. The fourth-order valence-electron chi connectivity index (χ4n) is 2.04. The highest BCUT2D eigenvalue weighted by Gasteiger charge is 2.16. The highest BCUT2D eigenvalue weighted by atomic mass is 32.2. The lowest BCUT2D eigenvalue weighted by molar-refractivity contribution is -0.116. The zero-order valence-electron chi connectivity index (χ0n) is 11.1. The molecule has 1 fully saturated rings. The van der Waals surface area contributed by atoms with Crippen molar-refractivity contribution in [2.24, 2.45) is 0 Å². The molecule has 3 nitrogen and oxygen atoms in total. The molecule has 104 valence electrons. The van der Waals surface area contributed by atoms with Crippen LogP contribution in [0.3, 0.4) is 0 Å². The van der Waals surface area contributed by atoms with Crippen LogP contribution in [0.15, 0.2) is 24.3 Å². The summed E-state index contributed by atoms with van der Waals surface area (Å²) < 4.78 is 0. The number of nitrogens with one attached hydrogen (secondary N) is 2. The smallest absolute Gasteiger partial charge is 0.225 e. The zero-order chi connectivity index (χ0) is 13.5. The third kappa shape index (κ3) is 5.09. The Hall–Kier alpha value is -0.650. The van der Waals surface area contributed by atoms with Crippen molar-refractivity contribution in [3.63, 3.8) is 0 Å². The maximum Gasteiger partial charge on any atom is 0.225 e. The molecule has 0 spiro atoms. The number of rotatable bonds is 5. The number of hydrogen-bond donors (Lipinski definition) is 2. The number of hydrogen-bond acceptors (Lipinski definition) is 4. The molecule has 0 bridgehead atoms. The van der Waals surface area contributed by atoms with E-state index in [0.717, 1.165) is 29.5 Å². The summed E-state index contributed by atoms with van der Waals surface area (Å²) in [6, 6.07) is 8.41. The van der Waals surface area contributed by atoms with Crippen LogP contribution in [0.5, 0.6) is 0 Å². The van der Waals surface area contributed by atoms with Gasteiger partial charge in [-0.3, -0.25) is 4.79 Å². The van der Waals surface area contributed by atoms with Crippen molar-refractivity contribution in [1.29, 1.82) is 0 Å². The molecule has 1 heterocycles. The molecule has 1 atom stereocenters. The van der Waals surface area contributed by atoms with Gasteiger partial charge in [-0.25, -0.2) is 0 Å². The van der Waals surface area contributed by atoms with Crippen molar-refractivity contribution >= 4 is 35.1 Å². The molecule has 1 aliphatic rings. The molecule has 0 saturated carbocycles. The van der Waals surface area contributed by atoms with E-state index >= 15 is 0 Å². The molecule has 2 N–H and O–H groups in total. The molecular formula is C14H20N2OS2. The van der Waals surface area contributed by atoms with Gasteiger partial charge in [0.05, 0.1) is 0 Å². The molecule has 1 aromatic carbocycles. The topological polar surface area (TPSA) is 41.1 Å². The van der Waals surface area contributed by atoms with Crippen LogP contribution in [0.1, 0.15) is 12.0 Å². The molecule has 19 heavy (non-hydrogen) atoms. The first-order chi connectivity index (χ1) is 9.28. The fourth-order valence-corrected chi connectivity index (χ4v) is 3.51. The second kappa shape index (κ2) is 7.82. The monoisotopic (exact) mass is 296 g/mol. The molecule has 1 aromatic rings. The molecule has 1 saturated heterocycles. The van der Waals surface area contributed by atoms with Gasteiger partial charge in [0.25, 0.3) is 0 Å². The average molecular weight is 296 g/mol. The van der Waals surface area contributed by atoms with Gasteiger partial charge in [0.2, 0.25) is 5.91 Å². The second-order valence-electron chi connectivity index (χ2n) is 4.61. The minimum absolute atomic E-state index is 0.0950. The Balaban J connectivity index is 1.80. The normalized spacial score (nSPS) is 19.1. The molecule has 0 aliphatic carbocycles. The lowest BCUT2D eigenvalue weighted by atomic mass is 10.2. The summed E-state index contributed by atoms with van der Waals surface area (Å²) in [5, 5.41) is 6.34. The van der Waals surface area contributed by atoms with Gasteiger partial charge in [-0.15, -0.1) is 0 Å². The van der Waals surface area contributed by atoms with E-state index in [2.05, 4.69) is 29.0 Å². The van der Waals surface area contributed by atoms with Crippen LogP contribution in [0, 0.1) is 0 Å². The van der Waals surface area contributed by atoms with Gasteiger partial charge in [-0.1, -0.05) is 12.1 Å². The summed E-state index contributed by atoms with van der Waals surface area (Å²) in [5.74, 6) is 3.28. The maximum atomic E-state index is 11.9. The Morgan fingerprint density at radius 1 is 1.47 bits per heavy atom. The third-order valence-corrected chi connectivity index (χ3v) is 4.73. The van der Waals surface area contributed by atoms with Crippen molar-refractivity contribution in [2.45, 2.75) is 18.2 Å². The number of thioether (sulfide) groups is 2. The average Bonchev–Trinajstić information content (AvgIpc) is 2.42. The Kier molecular flexibility index (Phi) is 6.07. The van der Waals surface area contributed by atoms with Gasteiger partial charge in [0, 0.05) is 42.0 Å². The van der Waals surface area contributed by atoms with Crippen molar-refractivity contribution in [3.05, 3.63) is 29.8 Å². The number of benzene rings is 1. The van der Waals surface area contributed by atoms with E-state index in [1.54, 1.807) is 11.8 Å². The molecule has 0 aromatic heterocycles. The largest absolute Gasteiger partial charge is 0.326 e. The van der Waals surface area contributed by atoms with E-state index in [1.807, 2.05) is 23.9 Å². The van der Waals surface area contributed by atoms with Crippen LogP contribution < -0.4 is 10.6 Å². The highest BCUT2D eigenvalue weighted by molar-refractivity contribution is 7.99. The van der Waals surface area contributed by atoms with E-state index < -0.39 is 0 Å². The van der Waals surface area contributed by atoms with Crippen molar-refractivity contribution < 1.29 is 4.79 Å². The summed E-state index contributed by atoms with van der Waals surface area (Å²) in [6.45, 7) is 1.01. The van der Waals surface area contributed by atoms with Crippen LogP contribution in [0.2, 0.25) is 0 Å². The first-order valence-electron chi connectivity index (χ1n) is 6.47. The Bertz CT molecular complexity index is 402. The zero-order valence-corrected chi connectivity index (χ0v) is 12.8. The number of carbonyl (C=O) groups excluding carboxylic acids is 1. The highest BCUT2D eigenvalue weighted by Crippen LogP contribution is 2.15. The molecular weight excluding hydrogens is 276 g/mol. The number of amides is 1. The van der Waals surface area contributed by atoms with E-state index in [4.69, 9.17) is 0 Å². The summed E-state index contributed by atoms with van der Waals surface area (Å²) >= 11 is 3.71. The van der Waals surface area contributed by atoms with Gasteiger partial charge in [-0.05, 0) is 24.0 Å². The van der Waals surface area contributed by atoms with Crippen molar-refractivity contribution in [3.8, 4) is 0 Å². The minimum atomic E-state index is 0.0950. The van der Waals surface area contributed by atoms with E-state index in [1.165, 1.54) is 5.56 Å². The minimum Gasteiger partial charge on any atom is -0.326 e. The molecule has 2 rings (SSSR count). The van der Waals surface area contributed by atoms with Gasteiger partial charge in [0.1, 0.15) is 0 Å². The lowest BCUT2D eigenvalue weighted by Gasteiger charge is -2.22. The summed E-state index contributed by atoms with van der Waals surface area (Å²) in [6.07, 6.45) is 2.64. The first kappa shape index (κ1) is 14.8. The van der Waals surface area contributed by atoms with E-state index in [-0.39, 0.29) is 5.91 Å². The van der Waals surface area contributed by atoms with Crippen molar-refractivity contribution in [1.82, 2.24) is 5.32 Å². The van der Waals surface area contributed by atoms with Crippen molar-refractivity contribution in [2.75, 3.05) is 29.6 Å². The van der Waals surface area contributed by atoms with Crippen LogP contribution in [-0.2, 0) is 10.5 Å². The van der Waals surface area contributed by atoms with Gasteiger partial charge < -0.3 is 10.6 Å². The Morgan fingerprint density at radius 2 is 2.26 bits per heavy atom. The molecule has 1 unspecified atom stereocenters. The summed E-state index contributed by atoms with van der Waals surface area (Å²) in [4.78, 5) is 11.9. The van der Waals surface area contributed by atoms with Crippen LogP contribution in [-0.4, -0.2) is 36.3 Å².